The number of hydrogen-bond donors (Lipinski definition) is 1. The number of carbonyl (C=O) groups is 1. The summed E-state index contributed by atoms with van der Waals surface area (Å²) < 4.78 is 0. The molecule has 0 radical (unpaired) electrons. The normalized spacial score (nSPS) is 15.3. The average Bonchev–Trinajstić information content (AvgIpc) is 2.81. The summed E-state index contributed by atoms with van der Waals surface area (Å²) in [6.45, 7) is 5.31. The lowest BCUT2D eigenvalue weighted by Crippen LogP contribution is -2.32. The minimum absolute atomic E-state index is 0.265. The van der Waals surface area contributed by atoms with Crippen LogP contribution in [0.4, 0.5) is 11.5 Å². The lowest BCUT2D eigenvalue weighted by molar-refractivity contribution is 0.0697. The van der Waals surface area contributed by atoms with Crippen molar-refractivity contribution in [3.63, 3.8) is 0 Å². The van der Waals surface area contributed by atoms with E-state index in [1.54, 1.807) is 18.3 Å². The van der Waals surface area contributed by atoms with Gasteiger partial charge in [0.15, 0.2) is 0 Å². The molecule has 0 atom stereocenters. The summed E-state index contributed by atoms with van der Waals surface area (Å²) in [5, 5.41) is 9.34. The minimum atomic E-state index is -0.932. The van der Waals surface area contributed by atoms with E-state index in [2.05, 4.69) is 25.8 Å². The zero-order valence-electron chi connectivity index (χ0n) is 13.1. The number of rotatable bonds is 3. The Hall–Kier alpha value is -2.63. The van der Waals surface area contributed by atoms with Crippen molar-refractivity contribution >= 4 is 17.5 Å². The smallest absolute Gasteiger partial charge is 0.339 e. The Balaban J connectivity index is 1.78. The Morgan fingerprint density at radius 2 is 1.87 bits per heavy atom. The van der Waals surface area contributed by atoms with E-state index in [0.29, 0.717) is 5.82 Å². The molecule has 0 aromatic carbocycles. The highest BCUT2D eigenvalue weighted by Crippen LogP contribution is 2.21. The number of aromatic nitrogens is 2. The van der Waals surface area contributed by atoms with Crippen LogP contribution >= 0.6 is 0 Å². The Labute approximate surface area is 135 Å². The molecule has 0 saturated carbocycles. The highest BCUT2D eigenvalue weighted by molar-refractivity contribution is 5.93. The van der Waals surface area contributed by atoms with Crippen LogP contribution in [0.2, 0.25) is 0 Å². The van der Waals surface area contributed by atoms with E-state index in [4.69, 9.17) is 0 Å². The van der Waals surface area contributed by atoms with Crippen molar-refractivity contribution in [2.24, 2.45) is 0 Å². The van der Waals surface area contributed by atoms with Crippen molar-refractivity contribution in [1.29, 1.82) is 0 Å². The Morgan fingerprint density at radius 1 is 1.09 bits per heavy atom. The first-order chi connectivity index (χ1) is 11.1. The largest absolute Gasteiger partial charge is 0.478 e. The van der Waals surface area contributed by atoms with E-state index >= 15 is 0 Å². The van der Waals surface area contributed by atoms with Crippen LogP contribution in [-0.2, 0) is 0 Å². The van der Waals surface area contributed by atoms with Gasteiger partial charge >= 0.3 is 5.97 Å². The second kappa shape index (κ2) is 6.64. The van der Waals surface area contributed by atoms with Gasteiger partial charge in [-0.1, -0.05) is 0 Å². The summed E-state index contributed by atoms with van der Waals surface area (Å²) in [6.07, 6.45) is 4.43. The van der Waals surface area contributed by atoms with Gasteiger partial charge in [-0.3, -0.25) is 4.98 Å². The highest BCUT2D eigenvalue weighted by atomic mass is 16.4. The number of aromatic carboxylic acids is 1. The molecule has 6 heteroatoms. The number of carboxylic acid groups (broad SMARTS) is 1. The first-order valence-corrected chi connectivity index (χ1v) is 7.76. The zero-order chi connectivity index (χ0) is 16.2. The summed E-state index contributed by atoms with van der Waals surface area (Å²) in [5.41, 5.74) is 2.43. The molecule has 0 amide bonds. The fourth-order valence-corrected chi connectivity index (χ4v) is 2.93. The lowest BCUT2D eigenvalue weighted by atomic mass is 10.2. The van der Waals surface area contributed by atoms with Crippen LogP contribution in [0.15, 0.2) is 36.7 Å². The molecular formula is C17H20N4O2. The number of anilines is 2. The molecule has 23 heavy (non-hydrogen) atoms. The molecule has 3 heterocycles. The summed E-state index contributed by atoms with van der Waals surface area (Å²) in [6, 6.07) is 7.38. The fraction of sp³-hybridized carbons (Fsp3) is 0.353. The number of hydrogen-bond acceptors (Lipinski definition) is 5. The average molecular weight is 312 g/mol. The third-order valence-electron chi connectivity index (χ3n) is 4.06. The summed E-state index contributed by atoms with van der Waals surface area (Å²) in [7, 11) is 0. The van der Waals surface area contributed by atoms with E-state index in [1.165, 1.54) is 5.69 Å². The summed E-state index contributed by atoms with van der Waals surface area (Å²) in [4.78, 5) is 24.3. The molecule has 1 aliphatic rings. The fourth-order valence-electron chi connectivity index (χ4n) is 2.93. The quantitative estimate of drug-likeness (QED) is 0.937. The first-order valence-electron chi connectivity index (χ1n) is 7.76. The van der Waals surface area contributed by atoms with Gasteiger partial charge < -0.3 is 14.9 Å². The zero-order valence-corrected chi connectivity index (χ0v) is 13.1. The third kappa shape index (κ3) is 3.41. The molecule has 0 bridgehead atoms. The van der Waals surface area contributed by atoms with Crippen molar-refractivity contribution in [3.05, 3.63) is 47.9 Å². The van der Waals surface area contributed by atoms with Crippen molar-refractivity contribution < 1.29 is 9.90 Å². The van der Waals surface area contributed by atoms with E-state index in [1.807, 2.05) is 19.2 Å². The molecule has 1 aliphatic heterocycles. The van der Waals surface area contributed by atoms with Crippen molar-refractivity contribution in [2.45, 2.75) is 13.3 Å². The molecule has 2 aromatic rings. The Kier molecular flexibility index (Phi) is 4.41. The van der Waals surface area contributed by atoms with Crippen LogP contribution in [0.1, 0.15) is 22.5 Å². The third-order valence-corrected chi connectivity index (χ3v) is 4.06. The van der Waals surface area contributed by atoms with Crippen LogP contribution in [0.5, 0.6) is 0 Å². The number of aryl methyl sites for hydroxylation is 1. The van der Waals surface area contributed by atoms with Crippen LogP contribution in [0.3, 0.4) is 0 Å². The molecule has 1 saturated heterocycles. The van der Waals surface area contributed by atoms with Crippen LogP contribution in [-0.4, -0.2) is 47.2 Å². The van der Waals surface area contributed by atoms with Gasteiger partial charge in [-0.15, -0.1) is 0 Å². The second-order valence-corrected chi connectivity index (χ2v) is 5.66. The maximum absolute atomic E-state index is 11.4. The van der Waals surface area contributed by atoms with Gasteiger partial charge in [0.05, 0.1) is 0 Å². The van der Waals surface area contributed by atoms with Gasteiger partial charge in [0.25, 0.3) is 0 Å². The SMILES string of the molecule is Cc1cc(N2CCCN(c3ncccc3C(=O)O)CC2)ccn1. The van der Waals surface area contributed by atoms with E-state index in [-0.39, 0.29) is 5.56 Å². The van der Waals surface area contributed by atoms with Crippen LogP contribution in [0.25, 0.3) is 0 Å². The molecule has 6 nitrogen and oxygen atoms in total. The molecule has 2 aromatic heterocycles. The van der Waals surface area contributed by atoms with Gasteiger partial charge in [0, 0.05) is 50.0 Å². The maximum Gasteiger partial charge on any atom is 0.339 e. The lowest BCUT2D eigenvalue weighted by Gasteiger charge is -2.25. The maximum atomic E-state index is 11.4. The van der Waals surface area contributed by atoms with Gasteiger partial charge in [0.1, 0.15) is 11.4 Å². The van der Waals surface area contributed by atoms with E-state index < -0.39 is 5.97 Å². The topological polar surface area (TPSA) is 69.6 Å². The standard InChI is InChI=1S/C17H20N4O2/c1-13-12-14(5-7-18-13)20-8-3-9-21(11-10-20)16-15(17(22)23)4-2-6-19-16/h2,4-7,12H,3,8-11H2,1H3,(H,22,23). The highest BCUT2D eigenvalue weighted by Gasteiger charge is 2.21. The Bertz CT molecular complexity index is 704. The van der Waals surface area contributed by atoms with Crippen molar-refractivity contribution in [2.75, 3.05) is 36.0 Å². The summed E-state index contributed by atoms with van der Waals surface area (Å²) in [5.74, 6) is -0.369. The van der Waals surface area contributed by atoms with Gasteiger partial charge in [-0.25, -0.2) is 9.78 Å². The van der Waals surface area contributed by atoms with Gasteiger partial charge in [-0.2, -0.15) is 0 Å². The van der Waals surface area contributed by atoms with Gasteiger partial charge in [0.2, 0.25) is 0 Å². The molecule has 0 unspecified atom stereocenters. The molecule has 120 valence electrons. The van der Waals surface area contributed by atoms with Gasteiger partial charge in [-0.05, 0) is 37.6 Å². The molecule has 0 spiro atoms. The number of carboxylic acids is 1. The first kappa shape index (κ1) is 15.3. The van der Waals surface area contributed by atoms with E-state index in [9.17, 15) is 9.90 Å². The molecule has 1 N–H and O–H groups in total. The van der Waals surface area contributed by atoms with E-state index in [0.717, 1.165) is 38.3 Å². The predicted molar refractivity (Wildman–Crippen MR) is 89.2 cm³/mol. The monoisotopic (exact) mass is 312 g/mol. The predicted octanol–water partition coefficient (Wildman–Crippen LogP) is 2.20. The minimum Gasteiger partial charge on any atom is -0.478 e. The Morgan fingerprint density at radius 3 is 2.65 bits per heavy atom. The molecule has 3 rings (SSSR count). The molecule has 0 aliphatic carbocycles. The van der Waals surface area contributed by atoms with Crippen molar-refractivity contribution in [1.82, 2.24) is 9.97 Å². The van der Waals surface area contributed by atoms with Crippen molar-refractivity contribution in [3.8, 4) is 0 Å². The molecular weight excluding hydrogens is 292 g/mol. The summed E-state index contributed by atoms with van der Waals surface area (Å²) >= 11 is 0. The number of nitrogens with zero attached hydrogens (tertiary/aromatic N) is 4. The number of pyridine rings is 2. The van der Waals surface area contributed by atoms with Crippen LogP contribution in [0, 0.1) is 6.92 Å². The second-order valence-electron chi connectivity index (χ2n) is 5.66. The van der Waals surface area contributed by atoms with Crippen LogP contribution < -0.4 is 9.80 Å². The molecule has 1 fully saturated rings.